The van der Waals surface area contributed by atoms with E-state index in [0.29, 0.717) is 18.2 Å². The monoisotopic (exact) mass is 744 g/mol. The van der Waals surface area contributed by atoms with E-state index < -0.39 is 0 Å². The fourth-order valence-corrected chi connectivity index (χ4v) is 8.24. The summed E-state index contributed by atoms with van der Waals surface area (Å²) in [6, 6.07) is 65.8. The highest BCUT2D eigenvalue weighted by Gasteiger charge is 2.37. The Morgan fingerprint density at radius 3 is 1.74 bits per heavy atom. The van der Waals surface area contributed by atoms with Gasteiger partial charge in [0.1, 0.15) is 0 Å². The third-order valence-electron chi connectivity index (χ3n) is 11.3. The van der Waals surface area contributed by atoms with Crippen LogP contribution in [0.25, 0.3) is 55.3 Å². The molecule has 1 aliphatic rings. The van der Waals surface area contributed by atoms with Crippen LogP contribution in [0.5, 0.6) is 0 Å². The molecule has 0 N–H and O–H groups in total. The second kappa shape index (κ2) is 15.2. The van der Waals surface area contributed by atoms with Crippen LogP contribution in [0.1, 0.15) is 47.2 Å². The van der Waals surface area contributed by atoms with E-state index in [1.54, 1.807) is 0 Å². The zero-order valence-electron chi connectivity index (χ0n) is 32.5. The van der Waals surface area contributed by atoms with Gasteiger partial charge in [-0.05, 0) is 97.4 Å². The van der Waals surface area contributed by atoms with Gasteiger partial charge < -0.3 is 0 Å². The minimum atomic E-state index is -0.198. The molecule has 0 radical (unpaired) electrons. The molecule has 0 saturated carbocycles. The van der Waals surface area contributed by atoms with Gasteiger partial charge in [0.05, 0.1) is 18.2 Å². The van der Waals surface area contributed by atoms with Crippen LogP contribution in [0, 0.1) is 11.3 Å². The maximum absolute atomic E-state index is 9.90. The summed E-state index contributed by atoms with van der Waals surface area (Å²) in [4.78, 5) is 14.2. The van der Waals surface area contributed by atoms with Crippen molar-refractivity contribution in [3.63, 3.8) is 0 Å². The van der Waals surface area contributed by atoms with Crippen LogP contribution < -0.4 is 0 Å². The van der Waals surface area contributed by atoms with Crippen molar-refractivity contribution in [1.29, 1.82) is 5.26 Å². The molecule has 0 unspecified atom stereocenters. The normalized spacial score (nSPS) is 13.1. The van der Waals surface area contributed by atoms with Crippen molar-refractivity contribution in [3.05, 3.63) is 215 Å². The molecule has 0 fully saturated rings. The summed E-state index contributed by atoms with van der Waals surface area (Å²) in [6.07, 6.45) is 0. The van der Waals surface area contributed by atoms with Crippen molar-refractivity contribution in [2.24, 2.45) is 15.0 Å². The number of aliphatic imine (C=N–C) groups is 3. The first-order valence-corrected chi connectivity index (χ1v) is 19.5. The van der Waals surface area contributed by atoms with Gasteiger partial charge in [0.25, 0.3) is 0 Å². The summed E-state index contributed by atoms with van der Waals surface area (Å²) in [5.74, 6) is 1.12. The molecule has 0 spiro atoms. The van der Waals surface area contributed by atoms with Crippen molar-refractivity contribution in [2.75, 3.05) is 0 Å². The third kappa shape index (κ3) is 6.74. The standard InChI is InChI=1S/C54H40N4/c1-54(2)49-20-12-19-45(34-55)51(49)46-30-29-44(33-50(46)54)37-21-23-38(24-22-37)47-31-42-17-10-11-18-43(42)32-48(47)39-25-27-41(28-26-39)53(57-35-36-13-6-4-7-14-36)58-52(56-3)40-15-8-5-9-16-40/h4-33H,3,35H2,1-2H3. The SMILES string of the molecule is C=NC(=NC(=NCc1ccccc1)c1ccc(-c2cc3ccccc3cc2-c2ccc(-c3ccc4c(c3)C(C)(C)c3cccc(C#N)c3-4)cc2)cc1)c1ccccc1. The molecule has 0 heterocycles. The lowest BCUT2D eigenvalue weighted by Crippen LogP contribution is -2.15. The first-order valence-electron chi connectivity index (χ1n) is 19.5. The van der Waals surface area contributed by atoms with Gasteiger partial charge >= 0.3 is 0 Å². The van der Waals surface area contributed by atoms with Crippen molar-refractivity contribution in [3.8, 4) is 50.6 Å². The summed E-state index contributed by atoms with van der Waals surface area (Å²) in [5.41, 5.74) is 14.9. The maximum atomic E-state index is 9.90. The molecule has 0 aromatic heterocycles. The molecule has 0 saturated heterocycles. The molecular weight excluding hydrogens is 705 g/mol. The molecular formula is C54H40N4. The average Bonchev–Trinajstić information content (AvgIpc) is 3.52. The van der Waals surface area contributed by atoms with E-state index >= 15 is 0 Å². The molecule has 0 aliphatic heterocycles. The minimum Gasteiger partial charge on any atom is -0.261 e. The van der Waals surface area contributed by atoms with Gasteiger partial charge in [-0.1, -0.05) is 172 Å². The van der Waals surface area contributed by atoms with Crippen LogP contribution in [-0.2, 0) is 12.0 Å². The van der Waals surface area contributed by atoms with Crippen molar-refractivity contribution >= 4 is 29.2 Å². The number of amidine groups is 2. The lowest BCUT2D eigenvalue weighted by molar-refractivity contribution is 0.660. The lowest BCUT2D eigenvalue weighted by Gasteiger charge is -2.22. The van der Waals surface area contributed by atoms with Gasteiger partial charge in [-0.3, -0.25) is 4.99 Å². The summed E-state index contributed by atoms with van der Waals surface area (Å²) >= 11 is 0. The zero-order valence-corrected chi connectivity index (χ0v) is 32.5. The van der Waals surface area contributed by atoms with Gasteiger partial charge in [0.2, 0.25) is 0 Å². The second-order valence-electron chi connectivity index (χ2n) is 15.2. The van der Waals surface area contributed by atoms with Crippen molar-refractivity contribution in [1.82, 2.24) is 0 Å². The van der Waals surface area contributed by atoms with Gasteiger partial charge in [-0.2, -0.15) is 5.26 Å². The zero-order chi connectivity index (χ0) is 39.6. The predicted octanol–water partition coefficient (Wildman–Crippen LogP) is 13.1. The third-order valence-corrected chi connectivity index (χ3v) is 11.3. The Bertz CT molecular complexity index is 2930. The Kier molecular flexibility index (Phi) is 9.49. The van der Waals surface area contributed by atoms with Crippen LogP contribution in [0.15, 0.2) is 197 Å². The Labute approximate surface area is 339 Å². The maximum Gasteiger partial charge on any atom is 0.161 e. The first kappa shape index (κ1) is 36.2. The number of hydrogen-bond acceptors (Lipinski definition) is 2. The van der Waals surface area contributed by atoms with Crippen LogP contribution in [0.2, 0.25) is 0 Å². The fraction of sp³-hybridized carbons (Fsp3) is 0.0741. The van der Waals surface area contributed by atoms with Crippen LogP contribution in [-0.4, -0.2) is 18.4 Å². The molecule has 8 aromatic rings. The molecule has 4 nitrogen and oxygen atoms in total. The van der Waals surface area contributed by atoms with Crippen molar-refractivity contribution < 1.29 is 0 Å². The van der Waals surface area contributed by atoms with Gasteiger partial charge in [0.15, 0.2) is 11.7 Å². The Morgan fingerprint density at radius 1 is 0.534 bits per heavy atom. The van der Waals surface area contributed by atoms with Crippen molar-refractivity contribution in [2.45, 2.75) is 25.8 Å². The van der Waals surface area contributed by atoms with Crippen LogP contribution in [0.3, 0.4) is 0 Å². The Morgan fingerprint density at radius 2 is 1.10 bits per heavy atom. The highest BCUT2D eigenvalue weighted by molar-refractivity contribution is 6.13. The fourth-order valence-electron chi connectivity index (χ4n) is 8.24. The number of fused-ring (bicyclic) bond motifs is 4. The van der Waals surface area contributed by atoms with E-state index in [2.05, 4.69) is 153 Å². The molecule has 8 aromatic carbocycles. The lowest BCUT2D eigenvalue weighted by atomic mass is 9.81. The molecule has 0 bridgehead atoms. The topological polar surface area (TPSA) is 60.9 Å². The number of hydrogen-bond donors (Lipinski definition) is 0. The number of rotatable bonds is 7. The summed E-state index contributed by atoms with van der Waals surface area (Å²) in [7, 11) is 0. The molecule has 276 valence electrons. The number of nitriles is 1. The van der Waals surface area contributed by atoms with Crippen LogP contribution in [0.4, 0.5) is 0 Å². The number of nitrogens with zero attached hydrogens (tertiary/aromatic N) is 4. The molecule has 9 rings (SSSR count). The van der Waals surface area contributed by atoms with E-state index in [1.807, 2.05) is 60.7 Å². The Hall–Kier alpha value is -7.48. The second-order valence-corrected chi connectivity index (χ2v) is 15.2. The summed E-state index contributed by atoms with van der Waals surface area (Å²) in [5, 5.41) is 12.3. The van der Waals surface area contributed by atoms with E-state index in [4.69, 9.17) is 9.98 Å². The molecule has 0 amide bonds. The quantitative estimate of drug-likeness (QED) is 0.118. The smallest absolute Gasteiger partial charge is 0.161 e. The average molecular weight is 745 g/mol. The number of benzene rings is 8. The highest BCUT2D eigenvalue weighted by atomic mass is 15.0. The van der Waals surface area contributed by atoms with E-state index in [1.165, 1.54) is 21.9 Å². The predicted molar refractivity (Wildman–Crippen MR) is 242 cm³/mol. The largest absolute Gasteiger partial charge is 0.261 e. The van der Waals surface area contributed by atoms with Crippen LogP contribution >= 0.6 is 0 Å². The molecule has 58 heavy (non-hydrogen) atoms. The minimum absolute atomic E-state index is 0.198. The summed E-state index contributed by atoms with van der Waals surface area (Å²) in [6.45, 7) is 8.83. The van der Waals surface area contributed by atoms with E-state index in [-0.39, 0.29) is 5.41 Å². The van der Waals surface area contributed by atoms with E-state index in [0.717, 1.165) is 66.8 Å². The Balaban J connectivity index is 1.08. The van der Waals surface area contributed by atoms with Gasteiger partial charge in [0, 0.05) is 22.1 Å². The summed E-state index contributed by atoms with van der Waals surface area (Å²) < 4.78 is 0. The highest BCUT2D eigenvalue weighted by Crippen LogP contribution is 2.51. The van der Waals surface area contributed by atoms with Gasteiger partial charge in [-0.25, -0.2) is 9.98 Å². The first-order chi connectivity index (χ1) is 28.4. The van der Waals surface area contributed by atoms with Gasteiger partial charge in [-0.15, -0.1) is 0 Å². The molecule has 0 atom stereocenters. The molecule has 4 heteroatoms. The molecule has 1 aliphatic carbocycles. The van der Waals surface area contributed by atoms with E-state index in [9.17, 15) is 5.26 Å².